The maximum absolute atomic E-state index is 13.0. The highest BCUT2D eigenvalue weighted by Crippen LogP contribution is 2.33. The summed E-state index contributed by atoms with van der Waals surface area (Å²) >= 11 is 12.2. The molecule has 0 radical (unpaired) electrons. The molecule has 0 saturated carbocycles. The molecule has 2 aromatic carbocycles. The summed E-state index contributed by atoms with van der Waals surface area (Å²) in [5.74, 6) is -0.276. The van der Waals surface area contributed by atoms with Gasteiger partial charge in [0.25, 0.3) is 0 Å². The largest absolute Gasteiger partial charge is 0.349 e. The fraction of sp³-hybridized carbons (Fsp3) is 0.381. The second-order valence-corrected chi connectivity index (χ2v) is 10.1. The Kier molecular flexibility index (Phi) is 6.89. The van der Waals surface area contributed by atoms with Gasteiger partial charge in [0.1, 0.15) is 4.90 Å². The van der Waals surface area contributed by atoms with Gasteiger partial charge < -0.3 is 5.32 Å². The van der Waals surface area contributed by atoms with Crippen molar-refractivity contribution in [3.8, 4) is 0 Å². The molecule has 3 rings (SSSR count). The summed E-state index contributed by atoms with van der Waals surface area (Å²) in [5.41, 5.74) is 2.21. The van der Waals surface area contributed by atoms with E-state index in [-0.39, 0.29) is 45.9 Å². The average Bonchev–Trinajstić information content (AvgIpc) is 2.68. The van der Waals surface area contributed by atoms with Crippen molar-refractivity contribution < 1.29 is 13.2 Å². The third-order valence-corrected chi connectivity index (χ3v) is 8.13. The molecule has 1 aliphatic heterocycles. The van der Waals surface area contributed by atoms with Crippen molar-refractivity contribution in [2.24, 2.45) is 5.92 Å². The Balaban J connectivity index is 1.62. The molecule has 1 heterocycles. The van der Waals surface area contributed by atoms with Gasteiger partial charge in [-0.1, -0.05) is 59.1 Å². The third kappa shape index (κ3) is 4.94. The van der Waals surface area contributed by atoms with Gasteiger partial charge in [-0.25, -0.2) is 8.42 Å². The quantitative estimate of drug-likeness (QED) is 0.718. The topological polar surface area (TPSA) is 66.5 Å². The van der Waals surface area contributed by atoms with Gasteiger partial charge in [0.2, 0.25) is 15.9 Å². The first-order chi connectivity index (χ1) is 13.7. The molecule has 2 aromatic rings. The maximum Gasteiger partial charge on any atom is 0.246 e. The predicted octanol–water partition coefficient (Wildman–Crippen LogP) is 4.58. The smallest absolute Gasteiger partial charge is 0.246 e. The van der Waals surface area contributed by atoms with E-state index in [2.05, 4.69) is 5.32 Å². The van der Waals surface area contributed by atoms with Crippen LogP contribution < -0.4 is 5.32 Å². The van der Waals surface area contributed by atoms with E-state index in [1.165, 1.54) is 22.0 Å². The van der Waals surface area contributed by atoms with Crippen LogP contribution in [0.4, 0.5) is 0 Å². The molecular weight excluding hydrogens is 431 g/mol. The fourth-order valence-corrected chi connectivity index (χ4v) is 6.05. The Morgan fingerprint density at radius 1 is 1.07 bits per heavy atom. The van der Waals surface area contributed by atoms with Gasteiger partial charge in [0.15, 0.2) is 0 Å². The van der Waals surface area contributed by atoms with Crippen LogP contribution in [0.5, 0.6) is 0 Å². The van der Waals surface area contributed by atoms with Gasteiger partial charge in [0.05, 0.1) is 16.1 Å². The zero-order chi connectivity index (χ0) is 21.2. The molecule has 0 aromatic heterocycles. The summed E-state index contributed by atoms with van der Waals surface area (Å²) in [5, 5.41) is 3.24. The number of aryl methyl sites for hydroxylation is 1. The molecular formula is C21H24Cl2N2O3S. The molecule has 156 valence electrons. The molecule has 0 spiro atoms. The van der Waals surface area contributed by atoms with Crippen molar-refractivity contribution >= 4 is 39.1 Å². The minimum absolute atomic E-state index is 0.0501. The summed E-state index contributed by atoms with van der Waals surface area (Å²) in [6, 6.07) is 12.6. The summed E-state index contributed by atoms with van der Waals surface area (Å²) in [6.07, 6.45) is 0.904. The molecule has 1 aliphatic rings. The van der Waals surface area contributed by atoms with Gasteiger partial charge in [-0.05, 0) is 44.4 Å². The van der Waals surface area contributed by atoms with Gasteiger partial charge in [0, 0.05) is 19.0 Å². The highest BCUT2D eigenvalue weighted by molar-refractivity contribution is 7.89. The molecule has 0 bridgehead atoms. The van der Waals surface area contributed by atoms with E-state index in [9.17, 15) is 13.2 Å². The number of nitrogens with zero attached hydrogens (tertiary/aromatic N) is 1. The Morgan fingerprint density at radius 2 is 1.62 bits per heavy atom. The van der Waals surface area contributed by atoms with Crippen LogP contribution >= 0.6 is 23.2 Å². The second-order valence-electron chi connectivity index (χ2n) is 7.37. The van der Waals surface area contributed by atoms with Gasteiger partial charge in [-0.2, -0.15) is 4.31 Å². The molecule has 1 amide bonds. The van der Waals surface area contributed by atoms with Crippen LogP contribution in [-0.2, 0) is 14.8 Å². The van der Waals surface area contributed by atoms with Crippen LogP contribution in [0.3, 0.4) is 0 Å². The molecule has 1 unspecified atom stereocenters. The number of nitrogens with one attached hydrogen (secondary N) is 1. The molecule has 1 fully saturated rings. The summed E-state index contributed by atoms with van der Waals surface area (Å²) in [4.78, 5) is 12.6. The normalized spacial score (nSPS) is 17.1. The van der Waals surface area contributed by atoms with E-state index in [4.69, 9.17) is 23.2 Å². The summed E-state index contributed by atoms with van der Waals surface area (Å²) in [7, 11) is -3.80. The van der Waals surface area contributed by atoms with E-state index < -0.39 is 10.0 Å². The van der Waals surface area contributed by atoms with Crippen molar-refractivity contribution in [1.29, 1.82) is 0 Å². The fourth-order valence-electron chi connectivity index (χ4n) is 3.49. The number of rotatable bonds is 5. The number of carbonyl (C=O) groups excluding carboxylic acids is 1. The molecule has 5 nitrogen and oxygen atoms in total. The number of halogens is 2. The first-order valence-corrected chi connectivity index (χ1v) is 11.7. The number of amides is 1. The van der Waals surface area contributed by atoms with Crippen LogP contribution in [-0.4, -0.2) is 31.7 Å². The molecule has 8 heteroatoms. The Bertz CT molecular complexity index is 965. The van der Waals surface area contributed by atoms with Crippen molar-refractivity contribution in [3.05, 3.63) is 63.6 Å². The zero-order valence-corrected chi connectivity index (χ0v) is 18.7. The molecule has 29 heavy (non-hydrogen) atoms. The Labute approximate surface area is 182 Å². The van der Waals surface area contributed by atoms with Crippen LogP contribution in [0.15, 0.2) is 47.4 Å². The molecule has 1 saturated heterocycles. The van der Waals surface area contributed by atoms with Crippen molar-refractivity contribution in [3.63, 3.8) is 0 Å². The lowest BCUT2D eigenvalue weighted by Crippen LogP contribution is -2.43. The average molecular weight is 455 g/mol. The minimum Gasteiger partial charge on any atom is -0.349 e. The Hall–Kier alpha value is -1.60. The Morgan fingerprint density at radius 3 is 2.17 bits per heavy atom. The van der Waals surface area contributed by atoms with Crippen LogP contribution in [0.2, 0.25) is 10.0 Å². The lowest BCUT2D eigenvalue weighted by atomic mass is 9.96. The lowest BCUT2D eigenvalue weighted by Gasteiger charge is -2.31. The van der Waals surface area contributed by atoms with E-state index >= 15 is 0 Å². The third-order valence-electron chi connectivity index (χ3n) is 5.28. The number of hydrogen-bond donors (Lipinski definition) is 1. The highest BCUT2D eigenvalue weighted by atomic mass is 35.5. The van der Waals surface area contributed by atoms with Gasteiger partial charge in [-0.15, -0.1) is 0 Å². The van der Waals surface area contributed by atoms with E-state index in [1.807, 2.05) is 38.1 Å². The second kappa shape index (κ2) is 9.04. The number of piperidine rings is 1. The van der Waals surface area contributed by atoms with Crippen LogP contribution in [0, 0.1) is 12.8 Å². The number of sulfonamides is 1. The van der Waals surface area contributed by atoms with Gasteiger partial charge >= 0.3 is 0 Å². The van der Waals surface area contributed by atoms with Crippen LogP contribution in [0.25, 0.3) is 0 Å². The van der Waals surface area contributed by atoms with Gasteiger partial charge in [-0.3, -0.25) is 4.79 Å². The minimum atomic E-state index is -3.80. The number of hydrogen-bond acceptors (Lipinski definition) is 3. The monoisotopic (exact) mass is 454 g/mol. The molecule has 1 atom stereocenters. The number of benzene rings is 2. The highest BCUT2D eigenvalue weighted by Gasteiger charge is 2.34. The van der Waals surface area contributed by atoms with Crippen molar-refractivity contribution in [2.75, 3.05) is 13.1 Å². The first kappa shape index (κ1) is 22.1. The molecule has 0 aliphatic carbocycles. The number of carbonyl (C=O) groups is 1. The van der Waals surface area contributed by atoms with E-state index in [0.29, 0.717) is 12.8 Å². The summed E-state index contributed by atoms with van der Waals surface area (Å²) in [6.45, 7) is 4.47. The maximum atomic E-state index is 13.0. The standard InChI is InChI=1S/C21H24Cl2N2O3S/c1-14-6-8-16(9-7-14)15(2)24-21(26)17-10-12-25(13-11-17)29(27,28)20-18(22)4-3-5-19(20)23/h3-9,15,17H,10-13H2,1-2H3,(H,24,26). The first-order valence-electron chi connectivity index (χ1n) is 9.51. The molecule has 1 N–H and O–H groups in total. The van der Waals surface area contributed by atoms with E-state index in [1.54, 1.807) is 6.07 Å². The SMILES string of the molecule is Cc1ccc(C(C)NC(=O)C2CCN(S(=O)(=O)c3c(Cl)cccc3Cl)CC2)cc1. The van der Waals surface area contributed by atoms with Crippen LogP contribution in [0.1, 0.15) is 36.9 Å². The lowest BCUT2D eigenvalue weighted by molar-refractivity contribution is -0.126. The van der Waals surface area contributed by atoms with Crippen molar-refractivity contribution in [1.82, 2.24) is 9.62 Å². The van der Waals surface area contributed by atoms with Crippen molar-refractivity contribution in [2.45, 2.75) is 37.6 Å². The predicted molar refractivity (Wildman–Crippen MR) is 116 cm³/mol. The summed E-state index contributed by atoms with van der Waals surface area (Å²) < 4.78 is 27.3. The zero-order valence-electron chi connectivity index (χ0n) is 16.4. The van der Waals surface area contributed by atoms with E-state index in [0.717, 1.165) is 5.56 Å².